The lowest BCUT2D eigenvalue weighted by molar-refractivity contribution is -0.121. The minimum Gasteiger partial charge on any atom is -0.435 e. The Morgan fingerprint density at radius 1 is 1.16 bits per heavy atom. The molecule has 0 saturated carbocycles. The molecule has 0 heterocycles. The van der Waals surface area contributed by atoms with Gasteiger partial charge in [0.05, 0.1) is 12.5 Å². The van der Waals surface area contributed by atoms with Crippen LogP contribution in [0.1, 0.15) is 23.6 Å². The predicted octanol–water partition coefficient (Wildman–Crippen LogP) is 3.83. The highest BCUT2D eigenvalue weighted by Gasteiger charge is 2.16. The molecule has 134 valence electrons. The van der Waals surface area contributed by atoms with Crippen molar-refractivity contribution in [2.75, 3.05) is 6.61 Å². The summed E-state index contributed by atoms with van der Waals surface area (Å²) in [5.41, 5.74) is 1.56. The lowest BCUT2D eigenvalue weighted by atomic mass is 10.0. The summed E-state index contributed by atoms with van der Waals surface area (Å²) in [4.78, 5) is 12.3. The Morgan fingerprint density at radius 3 is 2.44 bits per heavy atom. The molecule has 0 unspecified atom stereocenters. The number of nitrogens with one attached hydrogen (secondary N) is 1. The zero-order valence-corrected chi connectivity index (χ0v) is 14.9. The van der Waals surface area contributed by atoms with Gasteiger partial charge in [-0.1, -0.05) is 46.3 Å². The molecule has 0 aliphatic carbocycles. The zero-order chi connectivity index (χ0) is 18.2. The minimum atomic E-state index is -2.88. The van der Waals surface area contributed by atoms with Crippen LogP contribution >= 0.6 is 15.9 Å². The van der Waals surface area contributed by atoms with Crippen LogP contribution in [0.25, 0.3) is 0 Å². The molecule has 1 amide bonds. The highest BCUT2D eigenvalue weighted by molar-refractivity contribution is 9.10. The zero-order valence-electron chi connectivity index (χ0n) is 13.3. The van der Waals surface area contributed by atoms with Crippen LogP contribution < -0.4 is 10.1 Å². The van der Waals surface area contributed by atoms with Crippen molar-refractivity contribution in [1.29, 1.82) is 0 Å². The van der Waals surface area contributed by atoms with Gasteiger partial charge in [-0.3, -0.25) is 4.79 Å². The van der Waals surface area contributed by atoms with E-state index in [1.54, 1.807) is 12.1 Å². The number of hydrogen-bond acceptors (Lipinski definition) is 3. The van der Waals surface area contributed by atoms with Crippen LogP contribution in [0.4, 0.5) is 8.78 Å². The van der Waals surface area contributed by atoms with E-state index in [1.165, 1.54) is 12.1 Å². The quantitative estimate of drug-likeness (QED) is 0.691. The van der Waals surface area contributed by atoms with Gasteiger partial charge in [-0.15, -0.1) is 0 Å². The summed E-state index contributed by atoms with van der Waals surface area (Å²) in [7, 11) is 0. The maximum Gasteiger partial charge on any atom is 0.387 e. The lowest BCUT2D eigenvalue weighted by Crippen LogP contribution is -2.30. The molecule has 0 fully saturated rings. The van der Waals surface area contributed by atoms with Crippen molar-refractivity contribution in [3.05, 3.63) is 64.1 Å². The van der Waals surface area contributed by atoms with Crippen LogP contribution in [0.2, 0.25) is 0 Å². The van der Waals surface area contributed by atoms with E-state index >= 15 is 0 Å². The first kappa shape index (κ1) is 19.3. The van der Waals surface area contributed by atoms with E-state index < -0.39 is 6.61 Å². The Labute approximate surface area is 152 Å². The van der Waals surface area contributed by atoms with Crippen molar-refractivity contribution in [3.8, 4) is 5.75 Å². The fourth-order valence-corrected chi connectivity index (χ4v) is 2.97. The first-order valence-corrected chi connectivity index (χ1v) is 8.47. The molecular formula is C18H18BrF2NO3. The summed E-state index contributed by atoms with van der Waals surface area (Å²) in [5, 5.41) is 12.1. The second-order valence-electron chi connectivity index (χ2n) is 5.35. The van der Waals surface area contributed by atoms with Crippen LogP contribution in [0.15, 0.2) is 53.0 Å². The van der Waals surface area contributed by atoms with E-state index in [1.807, 2.05) is 24.3 Å². The molecule has 0 saturated heterocycles. The number of alkyl halides is 2. The number of hydrogen-bond donors (Lipinski definition) is 2. The first-order valence-electron chi connectivity index (χ1n) is 7.68. The van der Waals surface area contributed by atoms with E-state index in [2.05, 4.69) is 26.0 Å². The smallest absolute Gasteiger partial charge is 0.387 e. The predicted molar refractivity (Wildman–Crippen MR) is 93.5 cm³/mol. The van der Waals surface area contributed by atoms with Gasteiger partial charge in [0.15, 0.2) is 0 Å². The van der Waals surface area contributed by atoms with Crippen LogP contribution in [0.5, 0.6) is 5.75 Å². The summed E-state index contributed by atoms with van der Waals surface area (Å²) in [5.74, 6) is -0.178. The van der Waals surface area contributed by atoms with Gasteiger partial charge in [0.2, 0.25) is 5.91 Å². The Hall–Kier alpha value is -1.99. The second kappa shape index (κ2) is 9.48. The highest BCUT2D eigenvalue weighted by atomic mass is 79.9. The molecule has 2 rings (SSSR count). The molecule has 4 nitrogen and oxygen atoms in total. The number of carbonyl (C=O) groups excluding carboxylic acids is 1. The van der Waals surface area contributed by atoms with Crippen LogP contribution in [-0.2, 0) is 11.2 Å². The van der Waals surface area contributed by atoms with Crippen LogP contribution in [0, 0.1) is 0 Å². The van der Waals surface area contributed by atoms with Crippen molar-refractivity contribution in [1.82, 2.24) is 5.32 Å². The summed E-state index contributed by atoms with van der Waals surface area (Å²) >= 11 is 3.44. The molecule has 7 heteroatoms. The van der Waals surface area contributed by atoms with Crippen LogP contribution in [0.3, 0.4) is 0 Å². The SMILES string of the molecule is O=C(Cc1ccc(OC(F)F)cc1)N[C@H](CCO)c1ccccc1Br. The third-order valence-corrected chi connectivity index (χ3v) is 4.27. The third kappa shape index (κ3) is 6.10. The van der Waals surface area contributed by atoms with Gasteiger partial charge < -0.3 is 15.2 Å². The molecular weight excluding hydrogens is 396 g/mol. The molecule has 0 spiro atoms. The monoisotopic (exact) mass is 413 g/mol. The number of amides is 1. The number of aliphatic hydroxyl groups is 1. The van der Waals surface area contributed by atoms with Crippen molar-refractivity contribution < 1.29 is 23.4 Å². The molecule has 2 N–H and O–H groups in total. The Bertz CT molecular complexity index is 695. The third-order valence-electron chi connectivity index (χ3n) is 3.55. The lowest BCUT2D eigenvalue weighted by Gasteiger charge is -2.19. The van der Waals surface area contributed by atoms with Gasteiger partial charge in [0, 0.05) is 11.1 Å². The topological polar surface area (TPSA) is 58.6 Å². The molecule has 0 aliphatic rings. The fraction of sp³-hybridized carbons (Fsp3) is 0.278. The van der Waals surface area contributed by atoms with E-state index in [4.69, 9.17) is 0 Å². The standard InChI is InChI=1S/C18H18BrF2NO3/c19-15-4-2-1-3-14(15)16(9-10-23)22-17(24)11-12-5-7-13(8-6-12)25-18(20)21/h1-8,16,18,23H,9-11H2,(H,22,24)/t16-/m1/s1. The van der Waals surface area contributed by atoms with Gasteiger partial charge in [0.1, 0.15) is 5.75 Å². The van der Waals surface area contributed by atoms with Crippen molar-refractivity contribution in [2.24, 2.45) is 0 Å². The Morgan fingerprint density at radius 2 is 1.84 bits per heavy atom. The maximum absolute atomic E-state index is 12.3. The van der Waals surface area contributed by atoms with Gasteiger partial charge in [-0.25, -0.2) is 0 Å². The number of benzene rings is 2. The highest BCUT2D eigenvalue weighted by Crippen LogP contribution is 2.25. The Balaban J connectivity index is 2.00. The minimum absolute atomic E-state index is 0.0468. The van der Waals surface area contributed by atoms with Gasteiger partial charge >= 0.3 is 6.61 Å². The normalized spacial score (nSPS) is 12.0. The number of halogens is 3. The van der Waals surface area contributed by atoms with Crippen molar-refractivity contribution in [3.63, 3.8) is 0 Å². The van der Waals surface area contributed by atoms with Gasteiger partial charge in [0.25, 0.3) is 0 Å². The van der Waals surface area contributed by atoms with Gasteiger partial charge in [-0.05, 0) is 35.7 Å². The van der Waals surface area contributed by atoms with E-state index in [9.17, 15) is 18.7 Å². The summed E-state index contributed by atoms with van der Waals surface area (Å²) < 4.78 is 29.4. The second-order valence-corrected chi connectivity index (χ2v) is 6.21. The molecule has 0 aliphatic heterocycles. The number of rotatable bonds is 8. The largest absolute Gasteiger partial charge is 0.435 e. The average molecular weight is 414 g/mol. The average Bonchev–Trinajstić information content (AvgIpc) is 2.56. The molecule has 0 bridgehead atoms. The molecule has 2 aromatic carbocycles. The summed E-state index contributed by atoms with van der Waals surface area (Å²) in [6.45, 7) is -2.94. The van der Waals surface area contributed by atoms with Gasteiger partial charge in [-0.2, -0.15) is 8.78 Å². The van der Waals surface area contributed by atoms with Crippen molar-refractivity contribution in [2.45, 2.75) is 25.5 Å². The van der Waals surface area contributed by atoms with Crippen LogP contribution in [-0.4, -0.2) is 24.2 Å². The fourth-order valence-electron chi connectivity index (χ4n) is 2.41. The number of ether oxygens (including phenoxy) is 1. The molecule has 2 aromatic rings. The molecule has 25 heavy (non-hydrogen) atoms. The molecule has 1 atom stereocenters. The summed E-state index contributed by atoms with van der Waals surface area (Å²) in [6.07, 6.45) is 0.483. The first-order chi connectivity index (χ1) is 12.0. The molecule has 0 radical (unpaired) electrons. The Kier molecular flexibility index (Phi) is 7.33. The molecule has 0 aromatic heterocycles. The van der Waals surface area contributed by atoms with E-state index in [0.717, 1.165) is 10.0 Å². The van der Waals surface area contributed by atoms with E-state index in [0.29, 0.717) is 12.0 Å². The number of aliphatic hydroxyl groups excluding tert-OH is 1. The maximum atomic E-state index is 12.3. The summed E-state index contributed by atoms with van der Waals surface area (Å²) in [6, 6.07) is 13.1. The van der Waals surface area contributed by atoms with E-state index in [-0.39, 0.29) is 30.7 Å². The number of carbonyl (C=O) groups is 1. The van der Waals surface area contributed by atoms with Crippen molar-refractivity contribution >= 4 is 21.8 Å².